The zero-order valence-corrected chi connectivity index (χ0v) is 11.5. The Morgan fingerprint density at radius 1 is 1.41 bits per heavy atom. The lowest BCUT2D eigenvalue weighted by Crippen LogP contribution is -2.41. The largest absolute Gasteiger partial charge is 0.363 e. The Kier molecular flexibility index (Phi) is 3.97. The second-order valence-electron chi connectivity index (χ2n) is 3.74. The van der Waals surface area contributed by atoms with Gasteiger partial charge in [0.15, 0.2) is 0 Å². The summed E-state index contributed by atoms with van der Waals surface area (Å²) >= 11 is 3.50. The van der Waals surface area contributed by atoms with Crippen molar-refractivity contribution < 1.29 is 17.2 Å². The summed E-state index contributed by atoms with van der Waals surface area (Å²) < 4.78 is 42.3. The molecule has 0 spiro atoms. The third-order valence-electron chi connectivity index (χ3n) is 2.23. The molecule has 3 N–H and O–H groups in total. The van der Waals surface area contributed by atoms with Gasteiger partial charge < -0.3 is 0 Å². The van der Waals surface area contributed by atoms with Crippen molar-refractivity contribution in [2.45, 2.75) is 4.90 Å². The van der Waals surface area contributed by atoms with Gasteiger partial charge >= 0.3 is 11.3 Å². The molecular weight excluding hydrogens is 288 g/mol. The third-order valence-corrected chi connectivity index (χ3v) is 4.62. The summed E-state index contributed by atoms with van der Waals surface area (Å²) in [4.78, 5) is -0.270. The van der Waals surface area contributed by atoms with Gasteiger partial charge in [0, 0.05) is 12.1 Å². The number of halogens is 1. The maximum absolute atomic E-state index is 11.3. The summed E-state index contributed by atoms with van der Waals surface area (Å²) in [7, 11) is -1.06. The molecule has 96 valence electrons. The topological polar surface area (TPSA) is 97.5 Å². The molecule has 0 aliphatic carbocycles. The summed E-state index contributed by atoms with van der Waals surface area (Å²) in [5.41, 5.74) is 0.305. The molecule has 0 radical (unpaired) electrons. The molecule has 0 saturated heterocycles. The van der Waals surface area contributed by atoms with E-state index < -0.39 is 25.2 Å². The van der Waals surface area contributed by atoms with Crippen LogP contribution < -0.4 is 9.03 Å². The predicted octanol–water partition coefficient (Wildman–Crippen LogP) is 0.691. The Morgan fingerprint density at radius 3 is 2.35 bits per heavy atom. The van der Waals surface area contributed by atoms with Crippen LogP contribution in [0, 0.1) is 0 Å². The van der Waals surface area contributed by atoms with Crippen LogP contribution in [0.5, 0.6) is 0 Å². The quantitative estimate of drug-likeness (QED) is 0.634. The summed E-state index contributed by atoms with van der Waals surface area (Å²) in [5.74, 6) is 0. The van der Waals surface area contributed by atoms with Gasteiger partial charge in [-0.1, -0.05) is 11.6 Å². The molecule has 0 aliphatic heterocycles. The molecule has 1 aromatic carbocycles. The van der Waals surface area contributed by atoms with Gasteiger partial charge in [-0.25, -0.2) is 13.6 Å². The Morgan fingerprint density at radius 2 is 1.94 bits per heavy atom. The molecule has 1 unspecified atom stereocenters. The fourth-order valence-corrected chi connectivity index (χ4v) is 2.49. The van der Waals surface area contributed by atoms with Crippen LogP contribution in [0.15, 0.2) is 23.1 Å². The van der Waals surface area contributed by atoms with E-state index in [4.69, 9.17) is 21.3 Å². The van der Waals surface area contributed by atoms with Crippen molar-refractivity contribution in [3.63, 3.8) is 0 Å². The monoisotopic (exact) mass is 299 g/mol. The number of sulfonamides is 1. The lowest BCUT2D eigenvalue weighted by molar-refractivity contribution is 0.483. The summed E-state index contributed by atoms with van der Waals surface area (Å²) in [6.45, 7) is 0. The minimum atomic E-state index is -3.96. The molecule has 1 aromatic rings. The van der Waals surface area contributed by atoms with E-state index in [1.807, 2.05) is 0 Å². The van der Waals surface area contributed by atoms with Crippen molar-refractivity contribution in [3.05, 3.63) is 23.2 Å². The number of primary sulfonamides is 1. The van der Waals surface area contributed by atoms with E-state index in [9.17, 15) is 12.6 Å². The normalized spacial score (nSPS) is 14.6. The number of nitrogens with zero attached hydrogens (tertiary/aromatic N) is 1. The first-order valence-corrected chi connectivity index (χ1v) is 7.34. The van der Waals surface area contributed by atoms with Crippen LogP contribution in [-0.2, 0) is 21.3 Å². The second kappa shape index (κ2) is 4.63. The lowest BCUT2D eigenvalue weighted by Gasteiger charge is -2.23. The molecule has 6 nitrogen and oxygen atoms in total. The highest BCUT2D eigenvalue weighted by atomic mass is 35.5. The SMILES string of the molecule is C[N+](C)(c1ccc(Cl)c(S(N)(=O)=O)c1)S(=O)O. The van der Waals surface area contributed by atoms with Crippen molar-refractivity contribution in [2.24, 2.45) is 5.14 Å². The van der Waals surface area contributed by atoms with Crippen LogP contribution >= 0.6 is 11.6 Å². The van der Waals surface area contributed by atoms with Crippen molar-refractivity contribution in [1.82, 2.24) is 3.89 Å². The van der Waals surface area contributed by atoms with Crippen LogP contribution in [0.3, 0.4) is 0 Å². The standard InChI is InChI=1S/C8H11ClN2O4S2/c1-11(2,16(12)13)6-3-4-7(9)8(5-6)17(10,14)15/h3-5H,1-2H3,(H2-,10,12,13,14,15)/p+1. The highest BCUT2D eigenvalue weighted by Gasteiger charge is 2.28. The highest BCUT2D eigenvalue weighted by Crippen LogP contribution is 2.28. The average Bonchev–Trinajstić information content (AvgIpc) is 2.15. The van der Waals surface area contributed by atoms with E-state index in [2.05, 4.69) is 0 Å². The first-order chi connectivity index (χ1) is 7.56. The van der Waals surface area contributed by atoms with Crippen molar-refractivity contribution in [2.75, 3.05) is 14.1 Å². The Bertz CT molecular complexity index is 571. The molecule has 0 saturated carbocycles. The highest BCUT2D eigenvalue weighted by molar-refractivity contribution is 7.89. The van der Waals surface area contributed by atoms with Crippen LogP contribution in [-0.4, -0.2) is 31.3 Å². The fourth-order valence-electron chi connectivity index (χ4n) is 1.14. The Balaban J connectivity index is 3.47. The number of quaternary nitrogens is 1. The van der Waals surface area contributed by atoms with Crippen LogP contribution in [0.25, 0.3) is 0 Å². The minimum absolute atomic E-state index is 0.0278. The van der Waals surface area contributed by atoms with Gasteiger partial charge in [-0.2, -0.15) is 8.10 Å². The molecule has 9 heteroatoms. The van der Waals surface area contributed by atoms with Crippen LogP contribution in [0.4, 0.5) is 5.69 Å². The first kappa shape index (κ1) is 14.6. The van der Waals surface area contributed by atoms with Gasteiger partial charge in [0.05, 0.1) is 19.1 Å². The van der Waals surface area contributed by atoms with Gasteiger partial charge in [-0.05, 0) is 6.07 Å². The van der Waals surface area contributed by atoms with Crippen molar-refractivity contribution >= 4 is 38.6 Å². The predicted molar refractivity (Wildman–Crippen MR) is 67.2 cm³/mol. The van der Waals surface area contributed by atoms with Crippen molar-refractivity contribution in [1.29, 1.82) is 0 Å². The number of hydrogen-bond acceptors (Lipinski definition) is 3. The zero-order chi connectivity index (χ0) is 13.4. The molecule has 0 bridgehead atoms. The lowest BCUT2D eigenvalue weighted by atomic mass is 10.3. The molecule has 1 atom stereocenters. The summed E-state index contributed by atoms with van der Waals surface area (Å²) in [6.07, 6.45) is 0. The fraction of sp³-hybridized carbons (Fsp3) is 0.250. The van der Waals surface area contributed by atoms with Crippen LogP contribution in [0.1, 0.15) is 0 Å². The van der Waals surface area contributed by atoms with Gasteiger partial charge in [0.25, 0.3) is 0 Å². The van der Waals surface area contributed by atoms with E-state index >= 15 is 0 Å². The number of hydrogen-bond donors (Lipinski definition) is 2. The molecule has 0 aliphatic rings. The van der Waals surface area contributed by atoms with E-state index in [0.29, 0.717) is 5.69 Å². The smallest absolute Gasteiger partial charge is 0.260 e. The first-order valence-electron chi connectivity index (χ1n) is 4.35. The molecular formula is C8H12ClN2O4S2+. The van der Waals surface area contributed by atoms with Gasteiger partial charge in [-0.15, -0.1) is 0 Å². The zero-order valence-electron chi connectivity index (χ0n) is 9.12. The second-order valence-corrected chi connectivity index (χ2v) is 7.05. The van der Waals surface area contributed by atoms with E-state index in [0.717, 1.165) is 0 Å². The molecule has 1 rings (SSSR count). The van der Waals surface area contributed by atoms with Crippen molar-refractivity contribution in [3.8, 4) is 0 Å². The molecule has 0 fully saturated rings. The Hall–Kier alpha value is -0.510. The summed E-state index contributed by atoms with van der Waals surface area (Å²) in [6, 6.07) is 3.97. The molecule has 0 aromatic heterocycles. The molecule has 0 heterocycles. The number of nitrogens with two attached hydrogens (primary N) is 1. The Labute approximate surface area is 107 Å². The van der Waals surface area contributed by atoms with E-state index in [1.54, 1.807) is 0 Å². The summed E-state index contributed by atoms with van der Waals surface area (Å²) in [5, 5.41) is 4.96. The van der Waals surface area contributed by atoms with Gasteiger partial charge in [0.2, 0.25) is 10.0 Å². The maximum atomic E-state index is 11.3. The number of benzene rings is 1. The van der Waals surface area contributed by atoms with Gasteiger partial charge in [-0.3, -0.25) is 4.55 Å². The third kappa shape index (κ3) is 3.03. The van der Waals surface area contributed by atoms with Crippen LogP contribution in [0.2, 0.25) is 5.02 Å². The molecule has 0 amide bonds. The maximum Gasteiger partial charge on any atom is 0.363 e. The van der Waals surface area contributed by atoms with E-state index in [-0.39, 0.29) is 9.92 Å². The van der Waals surface area contributed by atoms with Gasteiger partial charge in [0.1, 0.15) is 10.6 Å². The molecule has 17 heavy (non-hydrogen) atoms. The average molecular weight is 300 g/mol. The minimum Gasteiger partial charge on any atom is -0.260 e. The van der Waals surface area contributed by atoms with E-state index in [1.165, 1.54) is 32.3 Å². The number of rotatable bonds is 3.